The Balaban J connectivity index is 1.87. The number of amides is 1. The van der Waals surface area contributed by atoms with Gasteiger partial charge in [0.25, 0.3) is 15.9 Å². The second-order valence-electron chi connectivity index (χ2n) is 6.34. The topological polar surface area (TPSA) is 84.9 Å². The van der Waals surface area contributed by atoms with E-state index in [1.165, 1.54) is 25.3 Å². The molecule has 28 heavy (non-hydrogen) atoms. The molecule has 9 heteroatoms. The second kappa shape index (κ2) is 8.38. The van der Waals surface area contributed by atoms with Gasteiger partial charge in [-0.15, -0.1) is 0 Å². The van der Waals surface area contributed by atoms with Crippen molar-refractivity contribution in [2.45, 2.75) is 11.8 Å². The fourth-order valence-electron chi connectivity index (χ4n) is 2.88. The minimum absolute atomic E-state index is 0.00153. The molecule has 0 bridgehead atoms. The fourth-order valence-corrected chi connectivity index (χ4v) is 4.21. The zero-order valence-corrected chi connectivity index (χ0v) is 17.1. The molecule has 0 atom stereocenters. The first-order valence-electron chi connectivity index (χ1n) is 8.66. The molecular weight excluding hydrogens is 404 g/mol. The summed E-state index contributed by atoms with van der Waals surface area (Å²) in [5, 5.41) is 0.287. The van der Waals surface area contributed by atoms with Crippen molar-refractivity contribution in [1.29, 1.82) is 0 Å². The van der Waals surface area contributed by atoms with E-state index in [2.05, 4.69) is 4.72 Å². The predicted octanol–water partition coefficient (Wildman–Crippen LogP) is 2.93. The molecular formula is C19H21ClN2O5S. The number of hydrogen-bond donors (Lipinski definition) is 1. The normalized spacial score (nSPS) is 14.6. The smallest absolute Gasteiger partial charge is 0.261 e. The summed E-state index contributed by atoms with van der Waals surface area (Å²) in [4.78, 5) is 14.5. The molecule has 7 nitrogen and oxygen atoms in total. The molecule has 1 fully saturated rings. The van der Waals surface area contributed by atoms with Crippen LogP contribution in [-0.4, -0.2) is 52.6 Å². The van der Waals surface area contributed by atoms with Gasteiger partial charge in [0, 0.05) is 18.7 Å². The summed E-state index contributed by atoms with van der Waals surface area (Å²) in [6, 6.07) is 9.09. The standard InChI is InChI=1S/C19H21ClN2O5S/c1-13-3-5-15(12-16(13)19(23)22-7-9-27-10-8-22)28(24,25)21-14-4-6-18(26-2)17(20)11-14/h3-6,11-12,21H,7-10H2,1-2H3. The van der Waals surface area contributed by atoms with E-state index in [4.69, 9.17) is 21.1 Å². The molecule has 0 spiro atoms. The van der Waals surface area contributed by atoms with Crippen LogP contribution in [0.2, 0.25) is 5.02 Å². The van der Waals surface area contributed by atoms with E-state index in [-0.39, 0.29) is 15.8 Å². The predicted molar refractivity (Wildman–Crippen MR) is 107 cm³/mol. The van der Waals surface area contributed by atoms with Crippen molar-refractivity contribution in [3.63, 3.8) is 0 Å². The van der Waals surface area contributed by atoms with Crippen molar-refractivity contribution < 1.29 is 22.7 Å². The Bertz CT molecular complexity index is 988. The van der Waals surface area contributed by atoms with Gasteiger partial charge in [0.15, 0.2) is 0 Å². The van der Waals surface area contributed by atoms with Crippen molar-refractivity contribution in [3.8, 4) is 5.75 Å². The van der Waals surface area contributed by atoms with Gasteiger partial charge in [-0.25, -0.2) is 8.42 Å². The van der Waals surface area contributed by atoms with Gasteiger partial charge in [-0.05, 0) is 42.8 Å². The number of nitrogens with one attached hydrogen (secondary N) is 1. The number of morpholine rings is 1. The lowest BCUT2D eigenvalue weighted by Gasteiger charge is -2.27. The number of sulfonamides is 1. The number of nitrogens with zero attached hydrogens (tertiary/aromatic N) is 1. The molecule has 150 valence electrons. The van der Waals surface area contributed by atoms with Crippen molar-refractivity contribution in [1.82, 2.24) is 4.90 Å². The van der Waals surface area contributed by atoms with Crippen molar-refractivity contribution in [2.75, 3.05) is 38.1 Å². The Labute approximate surface area is 169 Å². The summed E-state index contributed by atoms with van der Waals surface area (Å²) in [5.74, 6) is 0.240. The highest BCUT2D eigenvalue weighted by Gasteiger charge is 2.23. The van der Waals surface area contributed by atoms with Gasteiger partial charge < -0.3 is 14.4 Å². The molecule has 2 aromatic rings. The van der Waals surface area contributed by atoms with Gasteiger partial charge in [0.2, 0.25) is 0 Å². The van der Waals surface area contributed by atoms with Crippen molar-refractivity contribution in [3.05, 3.63) is 52.5 Å². The number of hydrogen-bond acceptors (Lipinski definition) is 5. The fraction of sp³-hybridized carbons (Fsp3) is 0.316. The zero-order chi connectivity index (χ0) is 20.3. The molecule has 0 saturated carbocycles. The van der Waals surface area contributed by atoms with Crippen LogP contribution in [0.1, 0.15) is 15.9 Å². The van der Waals surface area contributed by atoms with Gasteiger partial charge in [0.05, 0.1) is 35.9 Å². The maximum atomic E-state index is 12.8. The number of ether oxygens (including phenoxy) is 2. The van der Waals surface area contributed by atoms with Gasteiger partial charge >= 0.3 is 0 Å². The lowest BCUT2D eigenvalue weighted by molar-refractivity contribution is 0.0302. The minimum atomic E-state index is -3.90. The first-order chi connectivity index (χ1) is 13.3. The zero-order valence-electron chi connectivity index (χ0n) is 15.6. The third-order valence-corrected chi connectivity index (χ3v) is 6.13. The number of methoxy groups -OCH3 is 1. The summed E-state index contributed by atoms with van der Waals surface area (Å²) in [5.41, 5.74) is 1.37. The average Bonchev–Trinajstić information content (AvgIpc) is 2.68. The Morgan fingerprint density at radius 2 is 1.89 bits per heavy atom. The Kier molecular flexibility index (Phi) is 6.12. The second-order valence-corrected chi connectivity index (χ2v) is 8.43. The molecule has 1 saturated heterocycles. The van der Waals surface area contributed by atoms with Crippen LogP contribution in [0.15, 0.2) is 41.3 Å². The van der Waals surface area contributed by atoms with Crippen LogP contribution in [0.4, 0.5) is 5.69 Å². The maximum absolute atomic E-state index is 12.8. The number of anilines is 1. The molecule has 0 unspecified atom stereocenters. The average molecular weight is 425 g/mol. The van der Waals surface area contributed by atoms with Crippen molar-refractivity contribution >= 4 is 33.2 Å². The highest BCUT2D eigenvalue weighted by Crippen LogP contribution is 2.28. The molecule has 0 aromatic heterocycles. The molecule has 1 amide bonds. The molecule has 2 aromatic carbocycles. The van der Waals surface area contributed by atoms with E-state index in [1.807, 2.05) is 0 Å². The molecule has 3 rings (SSSR count). The van der Waals surface area contributed by atoms with Gasteiger partial charge in [-0.1, -0.05) is 17.7 Å². The lowest BCUT2D eigenvalue weighted by atomic mass is 10.1. The van der Waals surface area contributed by atoms with Crippen molar-refractivity contribution in [2.24, 2.45) is 0 Å². The summed E-state index contributed by atoms with van der Waals surface area (Å²) in [7, 11) is -2.42. The highest BCUT2D eigenvalue weighted by atomic mass is 35.5. The molecule has 0 radical (unpaired) electrons. The van der Waals surface area contributed by atoms with E-state index >= 15 is 0 Å². The third-order valence-electron chi connectivity index (χ3n) is 4.45. The van der Waals surface area contributed by atoms with Crippen LogP contribution in [0.3, 0.4) is 0 Å². The lowest BCUT2D eigenvalue weighted by Crippen LogP contribution is -2.41. The third kappa shape index (κ3) is 4.40. The Morgan fingerprint density at radius 1 is 1.18 bits per heavy atom. The van der Waals surface area contributed by atoms with E-state index in [1.54, 1.807) is 30.0 Å². The molecule has 1 aliphatic rings. The van der Waals surface area contributed by atoms with Gasteiger partial charge in [-0.2, -0.15) is 0 Å². The number of halogens is 1. The summed E-state index contributed by atoms with van der Waals surface area (Å²) >= 11 is 6.06. The number of carbonyl (C=O) groups is 1. The van der Waals surface area contributed by atoms with Gasteiger partial charge in [0.1, 0.15) is 5.75 Å². The summed E-state index contributed by atoms with van der Waals surface area (Å²) < 4.78 is 38.4. The Morgan fingerprint density at radius 3 is 2.54 bits per heavy atom. The van der Waals surface area contributed by atoms with Crippen LogP contribution >= 0.6 is 11.6 Å². The summed E-state index contributed by atoms with van der Waals surface area (Å²) in [6.45, 7) is 3.70. The highest BCUT2D eigenvalue weighted by molar-refractivity contribution is 7.92. The van der Waals surface area contributed by atoms with Crippen LogP contribution in [0, 0.1) is 6.92 Å². The minimum Gasteiger partial charge on any atom is -0.495 e. The molecule has 1 heterocycles. The van der Waals surface area contributed by atoms with Crippen LogP contribution in [0.5, 0.6) is 5.75 Å². The van der Waals surface area contributed by atoms with E-state index < -0.39 is 10.0 Å². The monoisotopic (exact) mass is 424 g/mol. The number of carbonyl (C=O) groups excluding carboxylic acids is 1. The van der Waals surface area contributed by atoms with Crippen LogP contribution in [0.25, 0.3) is 0 Å². The van der Waals surface area contributed by atoms with Crippen LogP contribution < -0.4 is 9.46 Å². The first kappa shape index (κ1) is 20.4. The number of benzene rings is 2. The van der Waals surface area contributed by atoms with Gasteiger partial charge in [-0.3, -0.25) is 9.52 Å². The molecule has 0 aliphatic carbocycles. The van der Waals surface area contributed by atoms with Crippen LogP contribution in [-0.2, 0) is 14.8 Å². The SMILES string of the molecule is COc1ccc(NS(=O)(=O)c2ccc(C)c(C(=O)N3CCOCC3)c2)cc1Cl. The number of rotatable bonds is 5. The first-order valence-corrected chi connectivity index (χ1v) is 10.5. The molecule has 1 aliphatic heterocycles. The quantitative estimate of drug-likeness (QED) is 0.797. The Hall–Kier alpha value is -2.29. The number of aryl methyl sites for hydroxylation is 1. The largest absolute Gasteiger partial charge is 0.495 e. The molecule has 1 N–H and O–H groups in total. The van der Waals surface area contributed by atoms with E-state index in [0.717, 1.165) is 0 Å². The summed E-state index contributed by atoms with van der Waals surface area (Å²) in [6.07, 6.45) is 0. The maximum Gasteiger partial charge on any atom is 0.261 e. The van der Waals surface area contributed by atoms with E-state index in [0.29, 0.717) is 48.9 Å². The van der Waals surface area contributed by atoms with E-state index in [9.17, 15) is 13.2 Å².